The standard InChI is InChI=1S/C8H12N2O3/c1-10-6(11)8(13-7(10)12)2-4-9-5-3-8/h9H,2-5H2,1H3. The predicted octanol–water partition coefficient (Wildman–Crippen LogP) is -0.283. The minimum Gasteiger partial charge on any atom is -0.432 e. The third kappa shape index (κ3) is 1.11. The Kier molecular flexibility index (Phi) is 1.76. The molecule has 1 spiro atoms. The van der Waals surface area contributed by atoms with E-state index in [1.165, 1.54) is 7.05 Å². The number of carbonyl (C=O) groups is 2. The van der Waals surface area contributed by atoms with Crippen LogP contribution in [0.4, 0.5) is 4.79 Å². The molecule has 72 valence electrons. The van der Waals surface area contributed by atoms with Crippen LogP contribution < -0.4 is 5.32 Å². The number of ether oxygens (including phenoxy) is 1. The van der Waals surface area contributed by atoms with Gasteiger partial charge in [0.1, 0.15) is 0 Å². The third-order valence-corrected chi connectivity index (χ3v) is 2.66. The number of hydrogen-bond donors (Lipinski definition) is 1. The van der Waals surface area contributed by atoms with Crippen molar-refractivity contribution in [3.8, 4) is 0 Å². The van der Waals surface area contributed by atoms with Gasteiger partial charge in [0.2, 0.25) is 0 Å². The first-order valence-electron chi connectivity index (χ1n) is 4.38. The fourth-order valence-corrected chi connectivity index (χ4v) is 1.81. The first-order chi connectivity index (χ1) is 6.16. The first-order valence-corrected chi connectivity index (χ1v) is 4.38. The van der Waals surface area contributed by atoms with Crippen molar-refractivity contribution in [2.24, 2.45) is 0 Å². The van der Waals surface area contributed by atoms with Gasteiger partial charge in [-0.15, -0.1) is 0 Å². The summed E-state index contributed by atoms with van der Waals surface area (Å²) in [5.74, 6) is -0.195. The van der Waals surface area contributed by atoms with Crippen LogP contribution in [0.1, 0.15) is 12.8 Å². The summed E-state index contributed by atoms with van der Waals surface area (Å²) in [6.45, 7) is 1.46. The molecule has 0 saturated carbocycles. The van der Waals surface area contributed by atoms with E-state index < -0.39 is 11.7 Å². The van der Waals surface area contributed by atoms with E-state index in [2.05, 4.69) is 5.32 Å². The quantitative estimate of drug-likeness (QED) is 0.562. The summed E-state index contributed by atoms with van der Waals surface area (Å²) in [6.07, 6.45) is 0.649. The normalized spacial score (nSPS) is 26.7. The molecule has 2 aliphatic heterocycles. The lowest BCUT2D eigenvalue weighted by atomic mass is 9.92. The van der Waals surface area contributed by atoms with Crippen LogP contribution in [0.15, 0.2) is 0 Å². The van der Waals surface area contributed by atoms with Crippen molar-refractivity contribution >= 4 is 12.0 Å². The molecule has 2 aliphatic rings. The Hall–Kier alpha value is -1.10. The van der Waals surface area contributed by atoms with Crippen LogP contribution in [0, 0.1) is 0 Å². The van der Waals surface area contributed by atoms with Gasteiger partial charge in [0.05, 0.1) is 0 Å². The molecule has 2 saturated heterocycles. The highest BCUT2D eigenvalue weighted by Gasteiger charge is 2.52. The summed E-state index contributed by atoms with van der Waals surface area (Å²) in [6, 6.07) is 0. The van der Waals surface area contributed by atoms with Crippen LogP contribution in [0.2, 0.25) is 0 Å². The van der Waals surface area contributed by atoms with E-state index in [9.17, 15) is 9.59 Å². The van der Waals surface area contributed by atoms with E-state index in [1.807, 2.05) is 0 Å². The molecule has 2 fully saturated rings. The number of carbonyl (C=O) groups excluding carboxylic acids is 2. The second-order valence-corrected chi connectivity index (χ2v) is 3.48. The van der Waals surface area contributed by atoms with Gasteiger partial charge >= 0.3 is 6.09 Å². The molecule has 0 aromatic heterocycles. The van der Waals surface area contributed by atoms with Crippen LogP contribution in [0.25, 0.3) is 0 Å². The van der Waals surface area contributed by atoms with Crippen LogP contribution in [-0.2, 0) is 9.53 Å². The van der Waals surface area contributed by atoms with Gasteiger partial charge < -0.3 is 10.1 Å². The number of hydrogen-bond acceptors (Lipinski definition) is 4. The number of likely N-dealkylation sites (N-methyl/N-ethyl adjacent to an activating group) is 1. The summed E-state index contributed by atoms with van der Waals surface area (Å²) in [5, 5.41) is 3.12. The lowest BCUT2D eigenvalue weighted by molar-refractivity contribution is -0.138. The number of nitrogens with zero attached hydrogens (tertiary/aromatic N) is 1. The fraction of sp³-hybridized carbons (Fsp3) is 0.750. The third-order valence-electron chi connectivity index (χ3n) is 2.66. The molecule has 13 heavy (non-hydrogen) atoms. The second-order valence-electron chi connectivity index (χ2n) is 3.48. The lowest BCUT2D eigenvalue weighted by Gasteiger charge is -2.29. The Labute approximate surface area is 76.0 Å². The molecule has 0 aromatic carbocycles. The van der Waals surface area contributed by atoms with Gasteiger partial charge in [-0.2, -0.15) is 0 Å². The average Bonchev–Trinajstić information content (AvgIpc) is 2.33. The van der Waals surface area contributed by atoms with Crippen molar-refractivity contribution in [1.82, 2.24) is 10.2 Å². The smallest absolute Gasteiger partial charge is 0.417 e. The lowest BCUT2D eigenvalue weighted by Crippen LogP contribution is -2.48. The van der Waals surface area contributed by atoms with Gasteiger partial charge in [-0.05, 0) is 13.1 Å². The van der Waals surface area contributed by atoms with E-state index in [0.717, 1.165) is 18.0 Å². The maximum Gasteiger partial charge on any atom is 0.417 e. The molecule has 1 N–H and O–H groups in total. The molecule has 5 nitrogen and oxygen atoms in total. The topological polar surface area (TPSA) is 58.6 Å². The van der Waals surface area contributed by atoms with Crippen LogP contribution in [0.3, 0.4) is 0 Å². The molecular formula is C8H12N2O3. The zero-order valence-corrected chi connectivity index (χ0v) is 7.50. The molecule has 2 amide bonds. The SMILES string of the molecule is CN1C(=O)OC2(CCNCC2)C1=O. The van der Waals surface area contributed by atoms with Gasteiger partial charge in [0, 0.05) is 19.9 Å². The summed E-state index contributed by atoms with van der Waals surface area (Å²) < 4.78 is 5.11. The van der Waals surface area contributed by atoms with Crippen molar-refractivity contribution < 1.29 is 14.3 Å². The predicted molar refractivity (Wildman–Crippen MR) is 44.1 cm³/mol. The summed E-state index contributed by atoms with van der Waals surface area (Å²) in [4.78, 5) is 23.8. The highest BCUT2D eigenvalue weighted by molar-refractivity contribution is 6.02. The Morgan fingerprint density at radius 3 is 2.46 bits per heavy atom. The Bertz CT molecular complexity index is 258. The Morgan fingerprint density at radius 1 is 1.38 bits per heavy atom. The molecule has 0 atom stereocenters. The molecule has 0 radical (unpaired) electrons. The van der Waals surface area contributed by atoms with Crippen molar-refractivity contribution in [3.05, 3.63) is 0 Å². The van der Waals surface area contributed by atoms with E-state index in [0.29, 0.717) is 12.8 Å². The number of nitrogens with one attached hydrogen (secondary N) is 1. The highest BCUT2D eigenvalue weighted by Crippen LogP contribution is 2.31. The van der Waals surface area contributed by atoms with E-state index >= 15 is 0 Å². The zero-order chi connectivity index (χ0) is 9.47. The van der Waals surface area contributed by atoms with Crippen molar-refractivity contribution in [2.45, 2.75) is 18.4 Å². The number of rotatable bonds is 0. The number of imide groups is 1. The maximum atomic E-state index is 11.6. The van der Waals surface area contributed by atoms with Crippen LogP contribution in [-0.4, -0.2) is 42.6 Å². The van der Waals surface area contributed by atoms with E-state index in [4.69, 9.17) is 4.74 Å². The molecule has 0 unspecified atom stereocenters. The zero-order valence-electron chi connectivity index (χ0n) is 7.50. The summed E-state index contributed by atoms with van der Waals surface area (Å²) >= 11 is 0. The summed E-state index contributed by atoms with van der Waals surface area (Å²) in [7, 11) is 1.46. The average molecular weight is 184 g/mol. The first kappa shape index (κ1) is 8.50. The second kappa shape index (κ2) is 2.70. The van der Waals surface area contributed by atoms with Crippen LogP contribution >= 0.6 is 0 Å². The largest absolute Gasteiger partial charge is 0.432 e. The molecular weight excluding hydrogens is 172 g/mol. The minimum absolute atomic E-state index is 0.195. The number of piperidine rings is 1. The molecule has 0 aromatic rings. The summed E-state index contributed by atoms with van der Waals surface area (Å²) in [5.41, 5.74) is -0.850. The monoisotopic (exact) mass is 184 g/mol. The van der Waals surface area contributed by atoms with E-state index in [-0.39, 0.29) is 5.91 Å². The van der Waals surface area contributed by atoms with Gasteiger partial charge in [0.25, 0.3) is 5.91 Å². The van der Waals surface area contributed by atoms with Crippen molar-refractivity contribution in [3.63, 3.8) is 0 Å². The molecule has 0 bridgehead atoms. The van der Waals surface area contributed by atoms with Crippen molar-refractivity contribution in [2.75, 3.05) is 20.1 Å². The van der Waals surface area contributed by atoms with Gasteiger partial charge in [-0.1, -0.05) is 0 Å². The Morgan fingerprint density at radius 2 is 2.00 bits per heavy atom. The fourth-order valence-electron chi connectivity index (χ4n) is 1.81. The molecule has 2 heterocycles. The van der Waals surface area contributed by atoms with Crippen LogP contribution in [0.5, 0.6) is 0 Å². The molecule has 2 rings (SSSR count). The Balaban J connectivity index is 2.23. The van der Waals surface area contributed by atoms with Gasteiger partial charge in [-0.25, -0.2) is 9.69 Å². The van der Waals surface area contributed by atoms with Gasteiger partial charge in [0.15, 0.2) is 5.60 Å². The number of amides is 2. The molecule has 5 heteroatoms. The highest BCUT2D eigenvalue weighted by atomic mass is 16.6. The maximum absolute atomic E-state index is 11.6. The molecule has 0 aliphatic carbocycles. The minimum atomic E-state index is -0.850. The van der Waals surface area contributed by atoms with E-state index in [1.54, 1.807) is 0 Å². The van der Waals surface area contributed by atoms with Gasteiger partial charge in [-0.3, -0.25) is 4.79 Å². The van der Waals surface area contributed by atoms with Crippen molar-refractivity contribution in [1.29, 1.82) is 0 Å².